The molecule has 1 aliphatic rings. The zero-order valence-corrected chi connectivity index (χ0v) is 19.7. The molecule has 7 heteroatoms. The first-order valence-corrected chi connectivity index (χ1v) is 11.4. The first-order valence-electron chi connectivity index (χ1n) is 11.0. The number of carbonyl (C=O) groups is 3. The highest BCUT2D eigenvalue weighted by Gasteiger charge is 2.60. The van der Waals surface area contributed by atoms with Crippen LogP contribution in [0.15, 0.2) is 84.9 Å². The van der Waals surface area contributed by atoms with E-state index < -0.39 is 35.6 Å². The third kappa shape index (κ3) is 4.54. The molecule has 3 aromatic rings. The molecule has 1 fully saturated rings. The molecule has 0 saturated carbocycles. The molecule has 1 aliphatic heterocycles. The Balaban J connectivity index is 1.68. The summed E-state index contributed by atoms with van der Waals surface area (Å²) in [6.07, 6.45) is -0.923. The summed E-state index contributed by atoms with van der Waals surface area (Å²) in [6, 6.07) is 24.2. The highest BCUT2D eigenvalue weighted by molar-refractivity contribution is 6.30. The summed E-state index contributed by atoms with van der Waals surface area (Å²) in [7, 11) is 0. The summed E-state index contributed by atoms with van der Waals surface area (Å²) in [5, 5.41) is 3.39. The maximum absolute atomic E-state index is 13.8. The van der Waals surface area contributed by atoms with Gasteiger partial charge in [0.15, 0.2) is 0 Å². The molecule has 3 aromatic carbocycles. The Kier molecular flexibility index (Phi) is 6.70. The number of amides is 3. The van der Waals surface area contributed by atoms with Crippen LogP contribution in [0.25, 0.3) is 0 Å². The van der Waals surface area contributed by atoms with Crippen LogP contribution >= 0.6 is 11.6 Å². The van der Waals surface area contributed by atoms with E-state index in [1.807, 2.05) is 42.5 Å². The average Bonchev–Trinajstić information content (AvgIpc) is 3.09. The van der Waals surface area contributed by atoms with E-state index in [-0.39, 0.29) is 6.42 Å². The minimum atomic E-state index is -2.02. The van der Waals surface area contributed by atoms with E-state index in [9.17, 15) is 14.4 Å². The number of carbonyl (C=O) groups excluding carboxylic acids is 3. The van der Waals surface area contributed by atoms with Crippen LogP contribution in [0.2, 0.25) is 5.02 Å². The molecule has 4 rings (SSSR count). The summed E-state index contributed by atoms with van der Waals surface area (Å²) < 4.78 is 5.64. The van der Waals surface area contributed by atoms with Crippen molar-refractivity contribution in [1.82, 2.24) is 10.2 Å². The summed E-state index contributed by atoms with van der Waals surface area (Å²) in [5.74, 6) is -1.36. The Morgan fingerprint density at radius 3 is 2.21 bits per heavy atom. The van der Waals surface area contributed by atoms with Gasteiger partial charge in [0.05, 0.1) is 12.1 Å². The van der Waals surface area contributed by atoms with Crippen molar-refractivity contribution in [3.63, 3.8) is 0 Å². The number of benzene rings is 3. The number of nitrogens with one attached hydrogen (secondary N) is 1. The molecule has 0 aromatic heterocycles. The molecule has 3 atom stereocenters. The molecule has 34 heavy (non-hydrogen) atoms. The van der Waals surface area contributed by atoms with Gasteiger partial charge in [0.25, 0.3) is 17.4 Å². The van der Waals surface area contributed by atoms with Gasteiger partial charge in [0.2, 0.25) is 0 Å². The third-order valence-electron chi connectivity index (χ3n) is 6.05. The van der Waals surface area contributed by atoms with Gasteiger partial charge in [0.1, 0.15) is 0 Å². The van der Waals surface area contributed by atoms with E-state index in [0.29, 0.717) is 10.6 Å². The monoisotopic (exact) mass is 476 g/mol. The van der Waals surface area contributed by atoms with Crippen LogP contribution in [-0.2, 0) is 20.7 Å². The van der Waals surface area contributed by atoms with Crippen molar-refractivity contribution in [2.75, 3.05) is 0 Å². The second-order valence-corrected chi connectivity index (χ2v) is 8.81. The quantitative estimate of drug-likeness (QED) is 0.473. The highest BCUT2D eigenvalue weighted by atomic mass is 35.5. The number of cyclic esters (lactones) is 1. The van der Waals surface area contributed by atoms with E-state index in [1.165, 1.54) is 0 Å². The van der Waals surface area contributed by atoms with Gasteiger partial charge >= 0.3 is 6.09 Å². The Morgan fingerprint density at radius 2 is 1.56 bits per heavy atom. The fraction of sp³-hybridized carbons (Fsp3) is 0.222. The van der Waals surface area contributed by atoms with Gasteiger partial charge in [-0.05, 0) is 42.7 Å². The topological polar surface area (TPSA) is 75.7 Å². The van der Waals surface area contributed by atoms with Crippen LogP contribution in [0.5, 0.6) is 0 Å². The van der Waals surface area contributed by atoms with E-state index in [4.69, 9.17) is 16.3 Å². The highest BCUT2D eigenvalue weighted by Crippen LogP contribution is 2.35. The van der Waals surface area contributed by atoms with Crippen LogP contribution in [0.1, 0.15) is 42.6 Å². The van der Waals surface area contributed by atoms with Gasteiger partial charge in [-0.3, -0.25) is 9.59 Å². The van der Waals surface area contributed by atoms with E-state index >= 15 is 0 Å². The first kappa shape index (κ1) is 23.5. The second kappa shape index (κ2) is 9.69. The van der Waals surface area contributed by atoms with Gasteiger partial charge in [-0.2, -0.15) is 0 Å². The standard InChI is InChI=1S/C27H25ClN2O4/c1-18(22-14-9-15-23(28)16-22)29-24(31)27(17-20-10-5-3-6-11-20)25(32)30(26(33)34-27)19(2)21-12-7-4-8-13-21/h3-16,18-19H,17H2,1-2H3,(H,29,31)/t18-,19+,27+/m0/s1. The summed E-state index contributed by atoms with van der Waals surface area (Å²) in [4.78, 5) is 41.4. The van der Waals surface area contributed by atoms with Crippen LogP contribution in [-0.4, -0.2) is 28.4 Å². The number of halogens is 1. The Bertz CT molecular complexity index is 1200. The lowest BCUT2D eigenvalue weighted by molar-refractivity contribution is -0.150. The van der Waals surface area contributed by atoms with Crippen LogP contribution in [0.3, 0.4) is 0 Å². The zero-order valence-electron chi connectivity index (χ0n) is 18.9. The summed E-state index contributed by atoms with van der Waals surface area (Å²) in [5.41, 5.74) is 0.204. The smallest absolute Gasteiger partial charge is 0.418 e. The van der Waals surface area contributed by atoms with E-state index in [2.05, 4.69) is 5.32 Å². The zero-order chi connectivity index (χ0) is 24.3. The fourth-order valence-electron chi connectivity index (χ4n) is 4.13. The first-order chi connectivity index (χ1) is 16.3. The SMILES string of the molecule is C[C@H](NC(=O)[C@@]1(Cc2ccccc2)OC(=O)N([C@H](C)c2ccccc2)C1=O)c1cccc(Cl)c1. The molecule has 6 nitrogen and oxygen atoms in total. The maximum Gasteiger partial charge on any atom is 0.418 e. The van der Waals surface area contributed by atoms with E-state index in [1.54, 1.807) is 56.3 Å². The van der Waals surface area contributed by atoms with Crippen molar-refractivity contribution in [3.05, 3.63) is 107 Å². The lowest BCUT2D eigenvalue weighted by Crippen LogP contribution is -2.55. The van der Waals surface area contributed by atoms with Gasteiger partial charge in [-0.15, -0.1) is 0 Å². The van der Waals surface area contributed by atoms with Crippen molar-refractivity contribution >= 4 is 29.5 Å². The minimum Gasteiger partial charge on any atom is -0.422 e. The number of rotatable bonds is 7. The van der Waals surface area contributed by atoms with Crippen LogP contribution in [0, 0.1) is 0 Å². The van der Waals surface area contributed by atoms with Crippen molar-refractivity contribution in [2.45, 2.75) is 38.0 Å². The van der Waals surface area contributed by atoms with Gasteiger partial charge in [-0.25, -0.2) is 9.69 Å². The molecule has 1 saturated heterocycles. The lowest BCUT2D eigenvalue weighted by atomic mass is 9.91. The molecule has 1 N–H and O–H groups in total. The second-order valence-electron chi connectivity index (χ2n) is 8.37. The maximum atomic E-state index is 13.8. The summed E-state index contributed by atoms with van der Waals surface area (Å²) in [6.45, 7) is 3.52. The Morgan fingerprint density at radius 1 is 0.941 bits per heavy atom. The molecule has 0 aliphatic carbocycles. The largest absolute Gasteiger partial charge is 0.422 e. The van der Waals surface area contributed by atoms with Gasteiger partial charge in [0, 0.05) is 11.4 Å². The predicted molar refractivity (Wildman–Crippen MR) is 129 cm³/mol. The van der Waals surface area contributed by atoms with Crippen molar-refractivity contribution < 1.29 is 19.1 Å². The molecule has 174 valence electrons. The number of hydrogen-bond donors (Lipinski definition) is 1. The number of hydrogen-bond acceptors (Lipinski definition) is 4. The normalized spacial score (nSPS) is 19.4. The summed E-state index contributed by atoms with van der Waals surface area (Å²) >= 11 is 6.10. The lowest BCUT2D eigenvalue weighted by Gasteiger charge is -2.27. The fourth-order valence-corrected chi connectivity index (χ4v) is 4.32. The van der Waals surface area contributed by atoms with Crippen molar-refractivity contribution in [1.29, 1.82) is 0 Å². The van der Waals surface area contributed by atoms with Crippen molar-refractivity contribution in [2.24, 2.45) is 0 Å². The Hall–Kier alpha value is -3.64. The minimum absolute atomic E-state index is 0.0788. The predicted octanol–water partition coefficient (Wildman–Crippen LogP) is 5.24. The van der Waals surface area contributed by atoms with Crippen LogP contribution in [0.4, 0.5) is 4.79 Å². The van der Waals surface area contributed by atoms with Crippen molar-refractivity contribution in [3.8, 4) is 0 Å². The number of ether oxygens (including phenoxy) is 1. The van der Waals surface area contributed by atoms with E-state index in [0.717, 1.165) is 16.0 Å². The Labute approximate surface area is 203 Å². The molecule has 1 heterocycles. The number of imide groups is 1. The molecule has 0 spiro atoms. The van der Waals surface area contributed by atoms with Crippen LogP contribution < -0.4 is 5.32 Å². The molecule has 3 amide bonds. The average molecular weight is 477 g/mol. The molecule has 0 unspecified atom stereocenters. The molecular weight excluding hydrogens is 452 g/mol. The molecule has 0 radical (unpaired) electrons. The number of nitrogens with zero attached hydrogens (tertiary/aromatic N) is 1. The van der Waals surface area contributed by atoms with Gasteiger partial charge in [-0.1, -0.05) is 84.4 Å². The van der Waals surface area contributed by atoms with Gasteiger partial charge < -0.3 is 10.1 Å². The molecular formula is C27H25ClN2O4. The molecule has 0 bridgehead atoms. The third-order valence-corrected chi connectivity index (χ3v) is 6.29.